The minimum atomic E-state index is -1.02. The van der Waals surface area contributed by atoms with E-state index in [2.05, 4.69) is 6.92 Å². The third-order valence-corrected chi connectivity index (χ3v) is 3.53. The van der Waals surface area contributed by atoms with E-state index >= 15 is 0 Å². The topological polar surface area (TPSA) is 63.6 Å². The molecule has 1 rings (SSSR count). The first-order valence-electron chi connectivity index (χ1n) is 7.23. The zero-order valence-electron chi connectivity index (χ0n) is 14.2. The van der Waals surface area contributed by atoms with E-state index in [1.54, 1.807) is 0 Å². The summed E-state index contributed by atoms with van der Waals surface area (Å²) in [4.78, 5) is 22.5. The Morgan fingerprint density at radius 2 is 1.77 bits per heavy atom. The fourth-order valence-electron chi connectivity index (χ4n) is 1.89. The third-order valence-electron chi connectivity index (χ3n) is 3.14. The number of hydrogen-bond acceptors (Lipinski definition) is 3. The van der Waals surface area contributed by atoms with Crippen molar-refractivity contribution in [3.05, 3.63) is 29.8 Å². The molecule has 0 aliphatic heterocycles. The van der Waals surface area contributed by atoms with Crippen LogP contribution in [0.4, 0.5) is 0 Å². The van der Waals surface area contributed by atoms with Crippen LogP contribution in [0.2, 0.25) is 0 Å². The van der Waals surface area contributed by atoms with E-state index in [4.69, 9.17) is 21.4 Å². The van der Waals surface area contributed by atoms with Gasteiger partial charge < -0.3 is 11.3 Å². The van der Waals surface area contributed by atoms with Crippen LogP contribution in [-0.2, 0) is 4.79 Å². The first kappa shape index (κ1) is 21.4. The molecule has 0 saturated heterocycles. The van der Waals surface area contributed by atoms with Crippen molar-refractivity contribution in [3.8, 4) is 5.75 Å². The molecular weight excluding hydrogens is 315 g/mol. The van der Waals surface area contributed by atoms with E-state index in [0.717, 1.165) is 19.3 Å². The molecule has 0 aliphatic rings. The summed E-state index contributed by atoms with van der Waals surface area (Å²) in [6, 6.07) is 5.68. The number of alkyl halides is 1. The number of ether oxygens (including phenoxy) is 1. The van der Waals surface area contributed by atoms with Gasteiger partial charge in [-0.25, -0.2) is 4.79 Å². The van der Waals surface area contributed by atoms with Gasteiger partial charge in [-0.3, -0.25) is 4.79 Å². The quantitative estimate of drug-likeness (QED) is 0.243. The molecule has 0 radical (unpaired) electrons. The number of esters is 1. The van der Waals surface area contributed by atoms with Gasteiger partial charge in [0.1, 0.15) is 11.1 Å². The van der Waals surface area contributed by atoms with Crippen molar-refractivity contribution in [3.63, 3.8) is 0 Å². The number of unbranched alkanes of at least 4 members (excludes halogenated alkanes) is 4. The van der Waals surface area contributed by atoms with Crippen LogP contribution in [0, 0.1) is 0 Å². The van der Waals surface area contributed by atoms with Crippen molar-refractivity contribution in [1.29, 1.82) is 0 Å². The van der Waals surface area contributed by atoms with Crippen molar-refractivity contribution in [2.75, 3.05) is 0 Å². The summed E-state index contributed by atoms with van der Waals surface area (Å²) in [5, 5.41) is 8.11. The van der Waals surface area contributed by atoms with Gasteiger partial charge >= 0.3 is 41.5 Å². The van der Waals surface area contributed by atoms with E-state index in [9.17, 15) is 9.59 Å². The van der Waals surface area contributed by atoms with Gasteiger partial charge in [-0.05, 0) is 30.7 Å². The molecule has 22 heavy (non-hydrogen) atoms. The molecule has 1 atom stereocenters. The number of aromatic carboxylic acids is 1. The van der Waals surface area contributed by atoms with Crippen LogP contribution in [0.5, 0.6) is 5.75 Å². The first-order valence-corrected chi connectivity index (χ1v) is 7.67. The summed E-state index contributed by atoms with van der Waals surface area (Å²) in [7, 11) is 0. The Bertz CT molecular complexity index is 468. The molecule has 0 bridgehead atoms. The van der Waals surface area contributed by atoms with Gasteiger partial charge in [0, 0.05) is 0 Å². The number of benzene rings is 1. The smallest absolute Gasteiger partial charge is 1.00 e. The number of carbonyl (C=O) groups excluding carboxylic acids is 1. The summed E-state index contributed by atoms with van der Waals surface area (Å²) >= 11 is 6.01. The maximum absolute atomic E-state index is 11.8. The maximum Gasteiger partial charge on any atom is 1.00 e. The van der Waals surface area contributed by atoms with Gasteiger partial charge in [-0.2, -0.15) is 0 Å². The summed E-state index contributed by atoms with van der Waals surface area (Å²) < 4.78 is 5.13. The Morgan fingerprint density at radius 1 is 1.18 bits per heavy atom. The Morgan fingerprint density at radius 3 is 2.32 bits per heavy atom. The predicted octanol–water partition coefficient (Wildman–Crippen LogP) is 1.37. The Labute approximate surface area is 160 Å². The van der Waals surface area contributed by atoms with Crippen LogP contribution in [0.3, 0.4) is 0 Å². The molecule has 1 aromatic carbocycles. The van der Waals surface area contributed by atoms with Crippen LogP contribution >= 0.6 is 11.6 Å². The average Bonchev–Trinajstić information content (AvgIpc) is 2.47. The molecule has 1 aromatic rings. The van der Waals surface area contributed by atoms with E-state index in [0.29, 0.717) is 12.2 Å². The second-order valence-corrected chi connectivity index (χ2v) is 5.45. The SMILES string of the molecule is CCCCCCCC(Cl)C(=O)Oc1ccc(C(=O)O)cc1.[H-].[Na+]. The van der Waals surface area contributed by atoms with Crippen LogP contribution in [0.1, 0.15) is 57.2 Å². The predicted molar refractivity (Wildman–Crippen MR) is 83.2 cm³/mol. The van der Waals surface area contributed by atoms with Crippen LogP contribution in [-0.4, -0.2) is 22.4 Å². The van der Waals surface area contributed by atoms with E-state index in [1.165, 1.54) is 37.1 Å². The molecule has 0 saturated carbocycles. The first-order chi connectivity index (χ1) is 10.0. The van der Waals surface area contributed by atoms with Gasteiger partial charge in [0.05, 0.1) is 5.56 Å². The Balaban J connectivity index is 0. The second kappa shape index (κ2) is 11.9. The Hall–Kier alpha value is -0.550. The molecule has 0 aliphatic carbocycles. The minimum absolute atomic E-state index is 0. The normalized spacial score (nSPS) is 11.4. The Kier molecular flexibility index (Phi) is 11.6. The van der Waals surface area contributed by atoms with Gasteiger partial charge in [-0.15, -0.1) is 11.6 Å². The number of carbonyl (C=O) groups is 2. The van der Waals surface area contributed by atoms with Crippen molar-refractivity contribution < 1.29 is 50.4 Å². The number of carboxylic acid groups (broad SMARTS) is 1. The van der Waals surface area contributed by atoms with Crippen molar-refractivity contribution in [2.45, 2.75) is 50.8 Å². The number of rotatable bonds is 9. The van der Waals surface area contributed by atoms with Crippen LogP contribution < -0.4 is 34.3 Å². The molecule has 0 amide bonds. The molecule has 0 fully saturated rings. The molecule has 0 heterocycles. The third kappa shape index (κ3) is 8.18. The fourth-order valence-corrected chi connectivity index (χ4v) is 2.09. The maximum atomic E-state index is 11.8. The van der Waals surface area contributed by atoms with E-state index in [1.807, 2.05) is 0 Å². The number of halogens is 1. The second-order valence-electron chi connectivity index (χ2n) is 4.92. The fraction of sp³-hybridized carbons (Fsp3) is 0.500. The summed E-state index contributed by atoms with van der Waals surface area (Å²) in [6.45, 7) is 2.15. The van der Waals surface area contributed by atoms with E-state index in [-0.39, 0.29) is 36.5 Å². The van der Waals surface area contributed by atoms with E-state index < -0.39 is 17.3 Å². The van der Waals surface area contributed by atoms with Crippen molar-refractivity contribution >= 4 is 23.5 Å². The zero-order chi connectivity index (χ0) is 15.7. The molecule has 0 aromatic heterocycles. The van der Waals surface area contributed by atoms with Gasteiger partial charge in [0.25, 0.3) is 0 Å². The molecule has 118 valence electrons. The summed E-state index contributed by atoms with van der Waals surface area (Å²) in [5.74, 6) is -1.20. The zero-order valence-corrected chi connectivity index (χ0v) is 15.9. The molecule has 1 N–H and O–H groups in total. The van der Waals surface area contributed by atoms with Gasteiger partial charge in [0.15, 0.2) is 0 Å². The minimum Gasteiger partial charge on any atom is -1.00 e. The summed E-state index contributed by atoms with van der Waals surface area (Å²) in [5.41, 5.74) is 0.146. The van der Waals surface area contributed by atoms with Gasteiger partial charge in [-0.1, -0.05) is 39.0 Å². The molecule has 1 unspecified atom stereocenters. The molecule has 4 nitrogen and oxygen atoms in total. The summed E-state index contributed by atoms with van der Waals surface area (Å²) in [6.07, 6.45) is 6.11. The standard InChI is InChI=1S/C16H21ClO4.Na.H/c1-2-3-4-5-6-7-14(17)16(20)21-13-10-8-12(9-11-13)15(18)19;;/h8-11,14H,2-7H2,1H3,(H,18,19);;/q;+1;-1. The van der Waals surface area contributed by atoms with Crippen LogP contribution in [0.25, 0.3) is 0 Å². The monoisotopic (exact) mass is 336 g/mol. The van der Waals surface area contributed by atoms with Crippen LogP contribution in [0.15, 0.2) is 24.3 Å². The molecule has 0 spiro atoms. The largest absolute Gasteiger partial charge is 1.00 e. The molecular formula is C16H22ClNaO4. The number of carboxylic acids is 1. The van der Waals surface area contributed by atoms with Crippen molar-refractivity contribution in [2.24, 2.45) is 0 Å². The molecule has 6 heteroatoms. The van der Waals surface area contributed by atoms with Gasteiger partial charge in [0.2, 0.25) is 0 Å². The van der Waals surface area contributed by atoms with Crippen molar-refractivity contribution in [1.82, 2.24) is 0 Å². The average molecular weight is 337 g/mol. The number of hydrogen-bond donors (Lipinski definition) is 1.